The largest absolute Gasteiger partial charge is 0.388 e. The molecule has 0 fully saturated rings. The first kappa shape index (κ1) is 13.6. The van der Waals surface area contributed by atoms with Gasteiger partial charge in [-0.1, -0.05) is 12.1 Å². The summed E-state index contributed by atoms with van der Waals surface area (Å²) >= 11 is 0. The molecule has 1 atom stereocenters. The van der Waals surface area contributed by atoms with E-state index in [-0.39, 0.29) is 0 Å². The number of hydrogen-bond acceptors (Lipinski definition) is 3. The third-order valence-electron chi connectivity index (χ3n) is 3.27. The Kier molecular flexibility index (Phi) is 3.90. The molecule has 0 aliphatic rings. The van der Waals surface area contributed by atoms with Crippen molar-refractivity contribution in [3.05, 3.63) is 47.3 Å². The van der Waals surface area contributed by atoms with Gasteiger partial charge in [0.25, 0.3) is 0 Å². The highest BCUT2D eigenvalue weighted by Gasteiger charge is 2.12. The zero-order valence-electron chi connectivity index (χ0n) is 12.0. The van der Waals surface area contributed by atoms with E-state index in [0.717, 1.165) is 22.6 Å². The molecule has 4 nitrogen and oxygen atoms in total. The van der Waals surface area contributed by atoms with Crippen molar-refractivity contribution in [1.29, 1.82) is 0 Å². The standard InChI is InChI=1S/C15H21N3O/c1-11-8-14(18(4)16-11)10-15(19)12-6-5-7-13(9-12)17(2)3/h5-9,15,19H,10H2,1-4H3. The molecular weight excluding hydrogens is 238 g/mol. The molecule has 0 radical (unpaired) electrons. The number of rotatable bonds is 4. The van der Waals surface area contributed by atoms with Crippen LogP contribution in [0.2, 0.25) is 0 Å². The minimum Gasteiger partial charge on any atom is -0.388 e. The van der Waals surface area contributed by atoms with Gasteiger partial charge in [0.2, 0.25) is 0 Å². The molecule has 0 aliphatic carbocycles. The van der Waals surface area contributed by atoms with Gasteiger partial charge in [-0.3, -0.25) is 4.68 Å². The Bertz CT molecular complexity index is 560. The lowest BCUT2D eigenvalue weighted by Gasteiger charge is -2.16. The Balaban J connectivity index is 2.18. The third kappa shape index (κ3) is 3.15. The van der Waals surface area contributed by atoms with Crippen LogP contribution in [-0.4, -0.2) is 29.0 Å². The summed E-state index contributed by atoms with van der Waals surface area (Å²) in [5.74, 6) is 0. The Labute approximate surface area is 114 Å². The smallest absolute Gasteiger partial charge is 0.0846 e. The number of aromatic nitrogens is 2. The molecule has 1 unspecified atom stereocenters. The Morgan fingerprint density at radius 3 is 2.63 bits per heavy atom. The summed E-state index contributed by atoms with van der Waals surface area (Å²) in [6.07, 6.45) is 0.0727. The van der Waals surface area contributed by atoms with Crippen LogP contribution in [0.1, 0.15) is 23.1 Å². The monoisotopic (exact) mass is 259 g/mol. The molecule has 4 heteroatoms. The van der Waals surface area contributed by atoms with Gasteiger partial charge >= 0.3 is 0 Å². The molecule has 0 aliphatic heterocycles. The maximum Gasteiger partial charge on any atom is 0.0846 e. The van der Waals surface area contributed by atoms with Crippen LogP contribution in [0.3, 0.4) is 0 Å². The Morgan fingerprint density at radius 2 is 2.05 bits per heavy atom. The summed E-state index contributed by atoms with van der Waals surface area (Å²) in [7, 11) is 5.90. The highest BCUT2D eigenvalue weighted by atomic mass is 16.3. The fraction of sp³-hybridized carbons (Fsp3) is 0.400. The average molecular weight is 259 g/mol. The first-order valence-electron chi connectivity index (χ1n) is 6.42. The summed E-state index contributed by atoms with van der Waals surface area (Å²) in [5, 5.41) is 14.7. The zero-order chi connectivity index (χ0) is 14.0. The Morgan fingerprint density at radius 1 is 1.32 bits per heavy atom. The molecule has 0 saturated carbocycles. The molecule has 1 N–H and O–H groups in total. The van der Waals surface area contributed by atoms with Crippen LogP contribution < -0.4 is 4.90 Å². The van der Waals surface area contributed by atoms with Gasteiger partial charge in [0.05, 0.1) is 11.8 Å². The number of aryl methyl sites for hydroxylation is 2. The van der Waals surface area contributed by atoms with E-state index in [1.165, 1.54) is 0 Å². The van der Waals surface area contributed by atoms with Crippen molar-refractivity contribution >= 4 is 5.69 Å². The summed E-state index contributed by atoms with van der Waals surface area (Å²) in [6.45, 7) is 1.96. The number of nitrogens with zero attached hydrogens (tertiary/aromatic N) is 3. The van der Waals surface area contributed by atoms with Gasteiger partial charge in [0, 0.05) is 38.9 Å². The van der Waals surface area contributed by atoms with E-state index in [1.807, 2.05) is 68.0 Å². The maximum absolute atomic E-state index is 10.4. The highest BCUT2D eigenvalue weighted by molar-refractivity contribution is 5.47. The van der Waals surface area contributed by atoms with Crippen LogP contribution >= 0.6 is 0 Å². The predicted molar refractivity (Wildman–Crippen MR) is 77.4 cm³/mol. The molecule has 1 aromatic heterocycles. The molecule has 0 bridgehead atoms. The van der Waals surface area contributed by atoms with Gasteiger partial charge in [0.15, 0.2) is 0 Å². The number of aliphatic hydroxyl groups is 1. The fourth-order valence-electron chi connectivity index (χ4n) is 2.18. The van der Waals surface area contributed by atoms with Crippen molar-refractivity contribution in [2.24, 2.45) is 7.05 Å². The molecule has 102 valence electrons. The summed E-state index contributed by atoms with van der Waals surface area (Å²) in [5.41, 5.74) is 4.05. The van der Waals surface area contributed by atoms with Gasteiger partial charge < -0.3 is 10.0 Å². The van der Waals surface area contributed by atoms with Crippen LogP contribution in [-0.2, 0) is 13.5 Å². The molecule has 1 heterocycles. The predicted octanol–water partition coefficient (Wildman–Crippen LogP) is 2.07. The molecule has 1 aromatic carbocycles. The third-order valence-corrected chi connectivity index (χ3v) is 3.27. The van der Waals surface area contributed by atoms with Crippen LogP contribution in [0.15, 0.2) is 30.3 Å². The van der Waals surface area contributed by atoms with E-state index >= 15 is 0 Å². The molecule has 19 heavy (non-hydrogen) atoms. The normalized spacial score (nSPS) is 12.5. The first-order valence-corrected chi connectivity index (χ1v) is 6.42. The van der Waals surface area contributed by atoms with Gasteiger partial charge in [0.1, 0.15) is 0 Å². The minimum absolute atomic E-state index is 0.505. The van der Waals surface area contributed by atoms with Gasteiger partial charge in [-0.2, -0.15) is 5.10 Å². The van der Waals surface area contributed by atoms with Crippen LogP contribution in [0, 0.1) is 6.92 Å². The maximum atomic E-state index is 10.4. The molecule has 0 saturated heterocycles. The van der Waals surface area contributed by atoms with Crippen molar-refractivity contribution in [2.75, 3.05) is 19.0 Å². The second-order valence-electron chi connectivity index (χ2n) is 5.11. The van der Waals surface area contributed by atoms with E-state index in [9.17, 15) is 5.11 Å². The number of anilines is 1. The van der Waals surface area contributed by atoms with Crippen LogP contribution in [0.25, 0.3) is 0 Å². The second kappa shape index (κ2) is 5.45. The fourth-order valence-corrected chi connectivity index (χ4v) is 2.18. The molecule has 0 spiro atoms. The van der Waals surface area contributed by atoms with Gasteiger partial charge in [-0.05, 0) is 30.7 Å². The van der Waals surface area contributed by atoms with Gasteiger partial charge in [-0.15, -0.1) is 0 Å². The van der Waals surface area contributed by atoms with E-state index in [1.54, 1.807) is 0 Å². The zero-order valence-corrected chi connectivity index (χ0v) is 12.0. The van der Waals surface area contributed by atoms with Crippen molar-refractivity contribution < 1.29 is 5.11 Å². The second-order valence-corrected chi connectivity index (χ2v) is 5.11. The van der Waals surface area contributed by atoms with Gasteiger partial charge in [-0.25, -0.2) is 0 Å². The van der Waals surface area contributed by atoms with Crippen LogP contribution in [0.4, 0.5) is 5.69 Å². The van der Waals surface area contributed by atoms with Crippen molar-refractivity contribution in [1.82, 2.24) is 9.78 Å². The number of hydrogen-bond donors (Lipinski definition) is 1. The molecular formula is C15H21N3O. The van der Waals surface area contributed by atoms with E-state index in [4.69, 9.17) is 0 Å². The minimum atomic E-state index is -0.505. The molecule has 0 amide bonds. The SMILES string of the molecule is Cc1cc(CC(O)c2cccc(N(C)C)c2)n(C)n1. The van der Waals surface area contributed by atoms with Crippen LogP contribution in [0.5, 0.6) is 0 Å². The van der Waals surface area contributed by atoms with Crippen molar-refractivity contribution in [3.8, 4) is 0 Å². The quantitative estimate of drug-likeness (QED) is 0.914. The Hall–Kier alpha value is -1.81. The lowest BCUT2D eigenvalue weighted by molar-refractivity contribution is 0.176. The highest BCUT2D eigenvalue weighted by Crippen LogP contribution is 2.22. The molecule has 2 aromatic rings. The summed E-state index contributed by atoms with van der Waals surface area (Å²) in [4.78, 5) is 2.03. The van der Waals surface area contributed by atoms with E-state index in [2.05, 4.69) is 5.10 Å². The lowest BCUT2D eigenvalue weighted by atomic mass is 10.0. The topological polar surface area (TPSA) is 41.3 Å². The number of aliphatic hydroxyl groups excluding tert-OH is 1. The first-order chi connectivity index (χ1) is 8.97. The lowest BCUT2D eigenvalue weighted by Crippen LogP contribution is -2.10. The van der Waals surface area contributed by atoms with Crippen molar-refractivity contribution in [3.63, 3.8) is 0 Å². The average Bonchev–Trinajstić information content (AvgIpc) is 2.68. The number of benzene rings is 1. The van der Waals surface area contributed by atoms with E-state index in [0.29, 0.717) is 6.42 Å². The summed E-state index contributed by atoms with van der Waals surface area (Å²) in [6, 6.07) is 10.0. The van der Waals surface area contributed by atoms with Crippen molar-refractivity contribution in [2.45, 2.75) is 19.4 Å². The summed E-state index contributed by atoms with van der Waals surface area (Å²) < 4.78 is 1.83. The van der Waals surface area contributed by atoms with E-state index < -0.39 is 6.10 Å². The molecule has 2 rings (SSSR count).